The van der Waals surface area contributed by atoms with Crippen LogP contribution in [0.25, 0.3) is 164 Å². The fraction of sp³-hybridized carbons (Fsp3) is 0. The van der Waals surface area contributed by atoms with Crippen molar-refractivity contribution in [3.05, 3.63) is 291 Å². The van der Waals surface area contributed by atoms with Crippen molar-refractivity contribution in [2.24, 2.45) is 0 Å². The molecule has 0 aliphatic carbocycles. The molecule has 0 atom stereocenters. The number of aromatic nitrogens is 8. The van der Waals surface area contributed by atoms with E-state index in [0.29, 0.717) is 22.7 Å². The molecule has 6 heterocycles. The van der Waals surface area contributed by atoms with Crippen LogP contribution in [0.2, 0.25) is 0 Å². The smallest absolute Gasteiger partial charge is 0.164 e. The predicted octanol–water partition coefficient (Wildman–Crippen LogP) is 20.7. The summed E-state index contributed by atoms with van der Waals surface area (Å²) in [5.41, 5.74) is 3.02. The molecular weight excluding hydrogens is 1110 g/mol. The fourth-order valence-corrected chi connectivity index (χ4v) is 13.5. The molecule has 0 saturated heterocycles. The summed E-state index contributed by atoms with van der Waals surface area (Å²) in [6.45, 7) is 0. The lowest BCUT2D eigenvalue weighted by molar-refractivity contribution is 1.07. The van der Waals surface area contributed by atoms with E-state index in [4.69, 9.17) is 28.7 Å². The van der Waals surface area contributed by atoms with Gasteiger partial charge in [0, 0.05) is 107 Å². The van der Waals surface area contributed by atoms with Gasteiger partial charge in [0.2, 0.25) is 0 Å². The molecule has 8 nitrogen and oxygen atoms in total. The SMILES string of the molecule is [2H]c1c([2H])c(-n2c3ccccc3c3cc4sc5ccccc5c4cc32)c([2H])c([2H])c1-c1nc(-c2ccccc2)nc(-c2ccccc2)n1.[2H]c1c([2H])c([2H])c(-c2nc(-c3c([2H])c([2H])c([2H])c([2H])c3[2H])nc(-c3c([2H])c([2H])c(-n4c5ccccc5c5cc6sc7ccccc7c6cc54)c([2H])c3[2H])n2)c([2H])c1[2H]. The lowest BCUT2D eigenvalue weighted by Crippen LogP contribution is -2.00. The summed E-state index contributed by atoms with van der Waals surface area (Å²) in [4.78, 5) is 27.1. The Morgan fingerprint density at radius 1 is 0.239 bits per heavy atom. The maximum absolute atomic E-state index is 9.40. The second-order valence-corrected chi connectivity index (χ2v) is 22.6. The van der Waals surface area contributed by atoms with Crippen molar-refractivity contribution in [1.29, 1.82) is 0 Å². The number of nitrogens with zero attached hydrogens (tertiary/aromatic N) is 8. The Labute approximate surface area is 538 Å². The van der Waals surface area contributed by atoms with Crippen molar-refractivity contribution in [1.82, 2.24) is 39.0 Å². The largest absolute Gasteiger partial charge is 0.309 e. The van der Waals surface area contributed by atoms with Crippen molar-refractivity contribution in [3.63, 3.8) is 0 Å². The number of rotatable bonds is 8. The molecule has 0 aliphatic heterocycles. The summed E-state index contributed by atoms with van der Waals surface area (Å²) in [5, 5.41) is 7.83. The van der Waals surface area contributed by atoms with Gasteiger partial charge in [-0.1, -0.05) is 194 Å². The van der Waals surface area contributed by atoms with Crippen LogP contribution in [0.15, 0.2) is 291 Å². The predicted molar refractivity (Wildman–Crippen MR) is 367 cm³/mol. The zero-order valence-corrected chi connectivity index (χ0v) is 47.3. The molecule has 0 radical (unpaired) electrons. The van der Waals surface area contributed by atoms with Crippen molar-refractivity contribution < 1.29 is 24.7 Å². The summed E-state index contributed by atoms with van der Waals surface area (Å²) in [5.74, 6) is -0.876. The third-order valence-corrected chi connectivity index (χ3v) is 17.5. The number of hydrogen-bond donors (Lipinski definition) is 0. The first-order chi connectivity index (χ1) is 51.1. The van der Waals surface area contributed by atoms with Gasteiger partial charge in [0.25, 0.3) is 0 Å². The Bertz CT molecular complexity index is 6580. The number of benzene rings is 12. The lowest BCUT2D eigenvalue weighted by atomic mass is 10.1. The van der Waals surface area contributed by atoms with Gasteiger partial charge in [-0.2, -0.15) is 0 Å². The second-order valence-electron chi connectivity index (χ2n) is 20.4. The van der Waals surface area contributed by atoms with E-state index in [1.54, 1.807) is 27.2 Å². The molecule has 0 unspecified atom stereocenters. The molecule has 10 heteroatoms. The Morgan fingerprint density at radius 2 is 0.557 bits per heavy atom. The highest BCUT2D eigenvalue weighted by molar-refractivity contribution is 7.26. The highest BCUT2D eigenvalue weighted by atomic mass is 32.1. The molecule has 0 saturated carbocycles. The molecule has 18 aromatic rings. The monoisotopic (exact) mass is 1180 g/mol. The van der Waals surface area contributed by atoms with Gasteiger partial charge < -0.3 is 9.13 Å². The lowest BCUT2D eigenvalue weighted by Gasteiger charge is -2.11. The van der Waals surface area contributed by atoms with E-state index < -0.39 is 119 Å². The quantitative estimate of drug-likeness (QED) is 0.151. The molecule has 0 N–H and O–H groups in total. The molecule has 6 aromatic heterocycles. The highest BCUT2D eigenvalue weighted by Gasteiger charge is 2.20. The first-order valence-electron chi connectivity index (χ1n) is 36.8. The summed E-state index contributed by atoms with van der Waals surface area (Å²) in [6, 6.07) is 48.8. The van der Waals surface area contributed by atoms with Gasteiger partial charge >= 0.3 is 0 Å². The van der Waals surface area contributed by atoms with Gasteiger partial charge in [0.15, 0.2) is 34.9 Å². The van der Waals surface area contributed by atoms with Gasteiger partial charge in [-0.05, 0) is 96.9 Å². The van der Waals surface area contributed by atoms with Crippen LogP contribution < -0.4 is 0 Å². The summed E-state index contributed by atoms with van der Waals surface area (Å²) in [6.07, 6.45) is 0. The van der Waals surface area contributed by atoms with E-state index in [2.05, 4.69) is 45.3 Å². The van der Waals surface area contributed by atoms with E-state index in [9.17, 15) is 11.0 Å². The van der Waals surface area contributed by atoms with Gasteiger partial charge in [0.1, 0.15) is 0 Å². The minimum atomic E-state index is -0.727. The molecule has 0 fully saturated rings. The number of para-hydroxylation sites is 2. The topological polar surface area (TPSA) is 87.2 Å². The molecule has 0 bridgehead atoms. The van der Waals surface area contributed by atoms with Gasteiger partial charge in [-0.15, -0.1) is 22.7 Å². The average Bonchev–Trinajstić information content (AvgIpc) is 1.56. The van der Waals surface area contributed by atoms with Crippen LogP contribution >= 0.6 is 22.7 Å². The molecule has 0 spiro atoms. The normalized spacial score (nSPS) is 14.5. The molecule has 12 aromatic carbocycles. The summed E-state index contributed by atoms with van der Waals surface area (Å²) < 4.78 is 166. The summed E-state index contributed by atoms with van der Waals surface area (Å²) >= 11 is 3.38. The van der Waals surface area contributed by atoms with Gasteiger partial charge in [0.05, 0.1) is 46.7 Å². The van der Waals surface area contributed by atoms with E-state index >= 15 is 0 Å². The molecule has 0 aliphatic rings. The fourth-order valence-electron chi connectivity index (χ4n) is 11.3. The highest BCUT2D eigenvalue weighted by Crippen LogP contribution is 2.43. The Balaban J connectivity index is 0.000000159. The van der Waals surface area contributed by atoms with Crippen molar-refractivity contribution in [2.75, 3.05) is 0 Å². The van der Waals surface area contributed by atoms with Crippen LogP contribution in [-0.4, -0.2) is 39.0 Å². The maximum Gasteiger partial charge on any atom is 0.164 e. The molecule has 18 rings (SSSR count). The van der Waals surface area contributed by atoms with Crippen molar-refractivity contribution >= 4 is 107 Å². The first kappa shape index (κ1) is 35.9. The zero-order chi connectivity index (χ0) is 73.7. The van der Waals surface area contributed by atoms with Crippen molar-refractivity contribution in [3.8, 4) is 79.7 Å². The van der Waals surface area contributed by atoms with E-state index in [0.717, 1.165) is 79.3 Å². The van der Waals surface area contributed by atoms with Crippen LogP contribution in [0.4, 0.5) is 0 Å². The van der Waals surface area contributed by atoms with Gasteiger partial charge in [-0.25, -0.2) is 29.9 Å². The van der Waals surface area contributed by atoms with Gasteiger partial charge in [-0.3, -0.25) is 0 Å². The Kier molecular flexibility index (Phi) is 8.70. The van der Waals surface area contributed by atoms with Crippen LogP contribution in [0.3, 0.4) is 0 Å². The van der Waals surface area contributed by atoms with E-state index in [1.165, 1.54) is 4.70 Å². The van der Waals surface area contributed by atoms with Crippen LogP contribution in [-0.2, 0) is 0 Å². The number of hydrogen-bond acceptors (Lipinski definition) is 8. The third kappa shape index (κ3) is 8.97. The van der Waals surface area contributed by atoms with Crippen LogP contribution in [0, 0.1) is 0 Å². The number of thiophene rings is 2. The second kappa shape index (κ2) is 21.3. The Morgan fingerprint density at radius 3 is 0.943 bits per heavy atom. The molecular formula is C78H48N8S2. The van der Waals surface area contributed by atoms with E-state index in [1.807, 2.05) is 156 Å². The third-order valence-electron chi connectivity index (χ3n) is 15.2. The number of fused-ring (bicyclic) bond motifs is 12. The van der Waals surface area contributed by atoms with Crippen molar-refractivity contribution in [2.45, 2.75) is 0 Å². The molecule has 88 heavy (non-hydrogen) atoms. The molecule has 0 amide bonds. The first-order valence-corrected chi connectivity index (χ1v) is 29.4. The minimum Gasteiger partial charge on any atom is -0.309 e. The van der Waals surface area contributed by atoms with Crippen LogP contribution in [0.1, 0.15) is 24.7 Å². The van der Waals surface area contributed by atoms with Crippen LogP contribution in [0.5, 0.6) is 0 Å². The zero-order valence-electron chi connectivity index (χ0n) is 63.7. The maximum atomic E-state index is 9.40. The average molecular weight is 1180 g/mol. The Hall–Kier alpha value is -11.3. The van der Waals surface area contributed by atoms with E-state index in [-0.39, 0.29) is 46.9 Å². The standard InChI is InChI=1S/2C39H24N4S/c2*1-3-11-25(12-4-1)37-40-38(26-13-5-2-6-14-26)42-39(41-37)27-19-21-28(22-20-27)43-33-17-9-7-15-29(33)31-24-36-32(23-34(31)43)30-16-8-10-18-35(30)44-36/h2*1-24H/i1D,2D,3D,4D,5D,6D,11D,12D,13D,14D,19D,20D,21D,22D;19D,20D,21D,22D. The summed E-state index contributed by atoms with van der Waals surface area (Å²) in [7, 11) is 0. The minimum absolute atomic E-state index is 0.0255. The molecule has 412 valence electrons.